The highest BCUT2D eigenvalue weighted by molar-refractivity contribution is 9.10. The second kappa shape index (κ2) is 4.57. The molecule has 5 nitrogen and oxygen atoms in total. The van der Waals surface area contributed by atoms with Crippen molar-refractivity contribution in [1.29, 1.82) is 5.26 Å². The van der Waals surface area contributed by atoms with E-state index >= 15 is 0 Å². The van der Waals surface area contributed by atoms with E-state index in [0.29, 0.717) is 15.7 Å². The Morgan fingerprint density at radius 3 is 2.74 bits per heavy atom. The number of fused-ring (bicyclic) bond motifs is 4. The summed E-state index contributed by atoms with van der Waals surface area (Å²) in [5.41, 5.74) is 0.265. The van der Waals surface area contributed by atoms with E-state index in [4.69, 9.17) is 5.26 Å². The van der Waals surface area contributed by atoms with Gasteiger partial charge in [-0.05, 0) is 46.3 Å². The molecule has 2 heterocycles. The number of rotatable bonds is 0. The SMILES string of the molecule is N#Cc1ccc2c(c1)C(=O)c1nc3c(Br)ccc(F)c3c(=O)n1-2. The fourth-order valence-electron chi connectivity index (χ4n) is 2.70. The predicted molar refractivity (Wildman–Crippen MR) is 83.1 cm³/mol. The molecule has 0 atom stereocenters. The molecular weight excluding hydrogens is 365 g/mol. The lowest BCUT2D eigenvalue weighted by atomic mass is 10.1. The van der Waals surface area contributed by atoms with Gasteiger partial charge in [0, 0.05) is 4.47 Å². The lowest BCUT2D eigenvalue weighted by molar-refractivity contribution is 0.103. The van der Waals surface area contributed by atoms with Crippen molar-refractivity contribution in [1.82, 2.24) is 9.55 Å². The topological polar surface area (TPSA) is 75.8 Å². The van der Waals surface area contributed by atoms with Crippen LogP contribution in [0.5, 0.6) is 0 Å². The molecule has 7 heteroatoms. The molecule has 0 aliphatic carbocycles. The summed E-state index contributed by atoms with van der Waals surface area (Å²) in [5, 5.41) is 8.77. The Labute approximate surface area is 136 Å². The Bertz CT molecular complexity index is 1140. The van der Waals surface area contributed by atoms with E-state index in [1.807, 2.05) is 6.07 Å². The van der Waals surface area contributed by atoms with Crippen LogP contribution in [-0.2, 0) is 0 Å². The number of nitrogens with zero attached hydrogens (tertiary/aromatic N) is 3. The Morgan fingerprint density at radius 2 is 2.00 bits per heavy atom. The summed E-state index contributed by atoms with van der Waals surface area (Å²) in [6.07, 6.45) is 0. The van der Waals surface area contributed by atoms with Crippen molar-refractivity contribution >= 4 is 32.6 Å². The maximum Gasteiger partial charge on any atom is 0.269 e. The van der Waals surface area contributed by atoms with Gasteiger partial charge in [-0.15, -0.1) is 0 Å². The molecule has 2 aromatic carbocycles. The van der Waals surface area contributed by atoms with Crippen LogP contribution in [0.15, 0.2) is 39.6 Å². The van der Waals surface area contributed by atoms with E-state index in [2.05, 4.69) is 20.9 Å². The standard InChI is InChI=1S/C16H5BrFN3O2/c17-9-2-3-10(18)12-13(9)20-15-14(22)8-5-7(6-19)1-4-11(8)21(15)16(12)23/h1-5H. The highest BCUT2D eigenvalue weighted by Crippen LogP contribution is 2.29. The largest absolute Gasteiger partial charge is 0.285 e. The fourth-order valence-corrected chi connectivity index (χ4v) is 3.12. The minimum absolute atomic E-state index is 0.0844. The summed E-state index contributed by atoms with van der Waals surface area (Å²) in [6, 6.07) is 8.93. The Kier molecular flexibility index (Phi) is 2.74. The van der Waals surface area contributed by atoms with Crippen molar-refractivity contribution in [3.63, 3.8) is 0 Å². The van der Waals surface area contributed by atoms with Gasteiger partial charge in [-0.2, -0.15) is 5.26 Å². The fraction of sp³-hybridized carbons (Fsp3) is 0. The van der Waals surface area contributed by atoms with Crippen LogP contribution in [0.2, 0.25) is 0 Å². The van der Waals surface area contributed by atoms with Crippen LogP contribution in [0.25, 0.3) is 16.6 Å². The third-order valence-electron chi connectivity index (χ3n) is 3.74. The summed E-state index contributed by atoms with van der Waals surface area (Å²) in [7, 11) is 0. The number of ketones is 1. The third-order valence-corrected chi connectivity index (χ3v) is 4.38. The summed E-state index contributed by atoms with van der Waals surface area (Å²) < 4.78 is 15.6. The first-order valence-electron chi connectivity index (χ1n) is 6.53. The van der Waals surface area contributed by atoms with Gasteiger partial charge in [0.2, 0.25) is 5.78 Å². The molecule has 3 aromatic rings. The van der Waals surface area contributed by atoms with Crippen LogP contribution >= 0.6 is 15.9 Å². The molecule has 0 saturated heterocycles. The molecule has 0 radical (unpaired) electrons. The molecule has 4 rings (SSSR count). The van der Waals surface area contributed by atoms with Gasteiger partial charge in [-0.1, -0.05) is 0 Å². The normalized spacial score (nSPS) is 12.1. The van der Waals surface area contributed by atoms with Crippen LogP contribution in [0.4, 0.5) is 4.39 Å². The number of hydrogen-bond acceptors (Lipinski definition) is 4. The number of carbonyl (C=O) groups is 1. The highest BCUT2D eigenvalue weighted by Gasteiger charge is 2.31. The average Bonchev–Trinajstić information content (AvgIpc) is 2.84. The zero-order valence-electron chi connectivity index (χ0n) is 11.3. The van der Waals surface area contributed by atoms with Crippen LogP contribution < -0.4 is 5.56 Å². The second-order valence-corrected chi connectivity index (χ2v) is 5.86. The third kappa shape index (κ3) is 1.72. The Balaban J connectivity index is 2.19. The van der Waals surface area contributed by atoms with Crippen LogP contribution in [0, 0.1) is 17.1 Å². The van der Waals surface area contributed by atoms with E-state index in [1.165, 1.54) is 30.3 Å². The second-order valence-electron chi connectivity index (χ2n) is 5.00. The molecule has 1 aromatic heterocycles. The molecule has 0 N–H and O–H groups in total. The number of aromatic nitrogens is 2. The van der Waals surface area contributed by atoms with Crippen LogP contribution in [0.3, 0.4) is 0 Å². The zero-order valence-corrected chi connectivity index (χ0v) is 12.9. The number of nitriles is 1. The number of hydrogen-bond donors (Lipinski definition) is 0. The highest BCUT2D eigenvalue weighted by atomic mass is 79.9. The number of halogens is 2. The van der Waals surface area contributed by atoms with Crippen LogP contribution in [-0.4, -0.2) is 15.3 Å². The molecule has 0 fully saturated rings. The Morgan fingerprint density at radius 1 is 1.22 bits per heavy atom. The van der Waals surface area contributed by atoms with E-state index in [9.17, 15) is 14.0 Å². The van der Waals surface area contributed by atoms with E-state index in [1.54, 1.807) is 0 Å². The van der Waals surface area contributed by atoms with Gasteiger partial charge >= 0.3 is 0 Å². The van der Waals surface area contributed by atoms with Crippen molar-refractivity contribution in [3.05, 3.63) is 67.9 Å². The molecule has 110 valence electrons. The predicted octanol–water partition coefficient (Wildman–Crippen LogP) is 2.70. The first kappa shape index (κ1) is 13.8. The summed E-state index contributed by atoms with van der Waals surface area (Å²) in [5.74, 6) is -1.25. The number of carbonyl (C=O) groups excluding carboxylic acids is 1. The molecule has 0 bridgehead atoms. The van der Waals surface area contributed by atoms with Gasteiger partial charge in [-0.25, -0.2) is 9.37 Å². The van der Waals surface area contributed by atoms with Gasteiger partial charge in [0.1, 0.15) is 11.2 Å². The molecule has 0 amide bonds. The van der Waals surface area contributed by atoms with Gasteiger partial charge in [0.05, 0.1) is 28.4 Å². The minimum Gasteiger partial charge on any atom is -0.285 e. The molecule has 0 saturated carbocycles. The molecule has 1 aliphatic heterocycles. The van der Waals surface area contributed by atoms with Crippen molar-refractivity contribution in [2.24, 2.45) is 0 Å². The molecule has 0 spiro atoms. The first-order valence-corrected chi connectivity index (χ1v) is 7.32. The molecule has 23 heavy (non-hydrogen) atoms. The quantitative estimate of drug-likeness (QED) is 0.477. The van der Waals surface area contributed by atoms with Crippen molar-refractivity contribution in [2.45, 2.75) is 0 Å². The van der Waals surface area contributed by atoms with E-state index in [0.717, 1.165) is 4.57 Å². The summed E-state index contributed by atoms with van der Waals surface area (Å²) in [4.78, 5) is 29.4. The maximum absolute atomic E-state index is 14.1. The van der Waals surface area contributed by atoms with Gasteiger partial charge < -0.3 is 0 Å². The molecule has 0 unspecified atom stereocenters. The maximum atomic E-state index is 14.1. The van der Waals surface area contributed by atoms with Gasteiger partial charge in [-0.3, -0.25) is 14.2 Å². The molecule has 1 aliphatic rings. The zero-order chi connectivity index (χ0) is 16.3. The lowest BCUT2D eigenvalue weighted by Crippen LogP contribution is -2.22. The summed E-state index contributed by atoms with van der Waals surface area (Å²) in [6.45, 7) is 0. The van der Waals surface area contributed by atoms with Crippen molar-refractivity contribution in [3.8, 4) is 11.8 Å². The first-order chi connectivity index (χ1) is 11.0. The van der Waals surface area contributed by atoms with Crippen molar-refractivity contribution < 1.29 is 9.18 Å². The minimum atomic E-state index is -0.703. The van der Waals surface area contributed by atoms with Gasteiger partial charge in [0.25, 0.3) is 5.56 Å². The van der Waals surface area contributed by atoms with Gasteiger partial charge in [0.15, 0.2) is 5.82 Å². The lowest BCUT2D eigenvalue weighted by Gasteiger charge is -2.07. The van der Waals surface area contributed by atoms with Crippen molar-refractivity contribution in [2.75, 3.05) is 0 Å². The Hall–Kier alpha value is -2.85. The average molecular weight is 370 g/mol. The van der Waals surface area contributed by atoms with E-state index in [-0.39, 0.29) is 22.3 Å². The number of benzene rings is 2. The van der Waals surface area contributed by atoms with E-state index < -0.39 is 17.2 Å². The smallest absolute Gasteiger partial charge is 0.269 e. The summed E-state index contributed by atoms with van der Waals surface area (Å²) >= 11 is 3.22. The van der Waals surface area contributed by atoms with Crippen LogP contribution in [0.1, 0.15) is 21.7 Å². The molecular formula is C16H5BrFN3O2. The monoisotopic (exact) mass is 369 g/mol.